The SMILES string of the molecule is CCCCCCOCc1ccc(OP(=O)(O)O)c(OC)c1. The van der Waals surface area contributed by atoms with Gasteiger partial charge < -0.3 is 14.0 Å². The van der Waals surface area contributed by atoms with Gasteiger partial charge in [0, 0.05) is 6.61 Å². The van der Waals surface area contributed by atoms with Gasteiger partial charge in [-0.2, -0.15) is 0 Å². The van der Waals surface area contributed by atoms with Crippen molar-refractivity contribution in [1.29, 1.82) is 0 Å². The molecular weight excluding hydrogens is 295 g/mol. The summed E-state index contributed by atoms with van der Waals surface area (Å²) in [6, 6.07) is 4.81. The molecule has 0 saturated heterocycles. The highest BCUT2D eigenvalue weighted by atomic mass is 31.2. The molecule has 0 heterocycles. The van der Waals surface area contributed by atoms with Crippen LogP contribution in [0.4, 0.5) is 0 Å². The van der Waals surface area contributed by atoms with Crippen molar-refractivity contribution < 1.29 is 28.3 Å². The molecule has 0 atom stereocenters. The van der Waals surface area contributed by atoms with Gasteiger partial charge in [0.2, 0.25) is 0 Å². The van der Waals surface area contributed by atoms with Crippen LogP contribution in [0, 0.1) is 0 Å². The van der Waals surface area contributed by atoms with Crippen molar-refractivity contribution in [3.8, 4) is 11.5 Å². The smallest absolute Gasteiger partial charge is 0.493 e. The third-order valence-electron chi connectivity index (χ3n) is 2.86. The van der Waals surface area contributed by atoms with Gasteiger partial charge >= 0.3 is 7.82 Å². The lowest BCUT2D eigenvalue weighted by molar-refractivity contribution is 0.116. The zero-order valence-corrected chi connectivity index (χ0v) is 13.3. The van der Waals surface area contributed by atoms with Crippen LogP contribution in [0.5, 0.6) is 11.5 Å². The second-order valence-electron chi connectivity index (χ2n) is 4.68. The van der Waals surface area contributed by atoms with E-state index in [0.29, 0.717) is 13.2 Å². The first-order valence-electron chi connectivity index (χ1n) is 6.96. The van der Waals surface area contributed by atoms with Crippen molar-refractivity contribution in [1.82, 2.24) is 0 Å². The Morgan fingerprint density at radius 1 is 1.14 bits per heavy atom. The van der Waals surface area contributed by atoms with Crippen LogP contribution < -0.4 is 9.26 Å². The second kappa shape index (κ2) is 9.05. The summed E-state index contributed by atoms with van der Waals surface area (Å²) in [4.78, 5) is 17.6. The minimum atomic E-state index is -4.59. The summed E-state index contributed by atoms with van der Waals surface area (Å²) in [5.74, 6) is 0.280. The molecule has 0 fully saturated rings. The van der Waals surface area contributed by atoms with Gasteiger partial charge in [-0.1, -0.05) is 32.3 Å². The van der Waals surface area contributed by atoms with Gasteiger partial charge in [-0.3, -0.25) is 9.79 Å². The molecule has 0 aliphatic carbocycles. The van der Waals surface area contributed by atoms with Crippen molar-refractivity contribution >= 4 is 7.82 Å². The van der Waals surface area contributed by atoms with E-state index in [2.05, 4.69) is 11.4 Å². The highest BCUT2D eigenvalue weighted by Crippen LogP contribution is 2.42. The molecule has 21 heavy (non-hydrogen) atoms. The molecule has 1 rings (SSSR count). The number of rotatable bonds is 10. The number of benzene rings is 1. The molecule has 0 saturated carbocycles. The quantitative estimate of drug-likeness (QED) is 0.509. The van der Waals surface area contributed by atoms with Gasteiger partial charge in [0.05, 0.1) is 13.7 Å². The molecule has 2 N–H and O–H groups in total. The maximum atomic E-state index is 10.8. The molecule has 0 aliphatic heterocycles. The largest absolute Gasteiger partial charge is 0.524 e. The molecule has 120 valence electrons. The first-order valence-corrected chi connectivity index (χ1v) is 8.49. The van der Waals surface area contributed by atoms with E-state index in [9.17, 15) is 4.57 Å². The summed E-state index contributed by atoms with van der Waals surface area (Å²) in [6.45, 7) is 3.29. The molecule has 7 heteroatoms. The standard InChI is InChI=1S/C14H23O6P/c1-3-4-5-6-9-19-11-12-7-8-13(14(10-12)18-2)20-21(15,16)17/h7-8,10H,3-6,9,11H2,1-2H3,(H2,15,16,17). The Morgan fingerprint density at radius 3 is 2.52 bits per heavy atom. The van der Waals surface area contributed by atoms with E-state index in [1.165, 1.54) is 26.0 Å². The predicted molar refractivity (Wildman–Crippen MR) is 79.5 cm³/mol. The average Bonchev–Trinajstić information content (AvgIpc) is 2.42. The average molecular weight is 318 g/mol. The fourth-order valence-electron chi connectivity index (χ4n) is 1.83. The van der Waals surface area contributed by atoms with Gasteiger partial charge in [-0.05, 0) is 24.1 Å². The first kappa shape index (κ1) is 18.0. The number of phosphoric ester groups is 1. The van der Waals surface area contributed by atoms with Crippen LogP contribution in [0.1, 0.15) is 38.2 Å². The van der Waals surface area contributed by atoms with Crippen LogP contribution in [0.3, 0.4) is 0 Å². The Morgan fingerprint density at radius 2 is 1.90 bits per heavy atom. The van der Waals surface area contributed by atoms with Gasteiger partial charge in [0.15, 0.2) is 11.5 Å². The lowest BCUT2D eigenvalue weighted by atomic mass is 10.2. The van der Waals surface area contributed by atoms with Crippen molar-refractivity contribution in [3.63, 3.8) is 0 Å². The lowest BCUT2D eigenvalue weighted by Crippen LogP contribution is -1.98. The van der Waals surface area contributed by atoms with E-state index in [-0.39, 0.29) is 11.5 Å². The maximum absolute atomic E-state index is 10.8. The fourth-order valence-corrected chi connectivity index (χ4v) is 2.23. The van der Waals surface area contributed by atoms with Gasteiger partial charge in [0.1, 0.15) is 0 Å². The van der Waals surface area contributed by atoms with Crippen molar-refractivity contribution in [2.75, 3.05) is 13.7 Å². The summed E-state index contributed by atoms with van der Waals surface area (Å²) in [6.07, 6.45) is 4.60. The van der Waals surface area contributed by atoms with Crippen LogP contribution in [-0.4, -0.2) is 23.5 Å². The third kappa shape index (κ3) is 7.48. The summed E-state index contributed by atoms with van der Waals surface area (Å²) in [5.41, 5.74) is 0.861. The normalized spacial score (nSPS) is 11.4. The van der Waals surface area contributed by atoms with Gasteiger partial charge in [-0.25, -0.2) is 4.57 Å². The molecule has 6 nitrogen and oxygen atoms in total. The van der Waals surface area contributed by atoms with Crippen LogP contribution in [0.2, 0.25) is 0 Å². The molecule has 1 aromatic rings. The van der Waals surface area contributed by atoms with Crippen LogP contribution in [-0.2, 0) is 15.9 Å². The molecule has 0 amide bonds. The lowest BCUT2D eigenvalue weighted by Gasteiger charge is -2.12. The minimum absolute atomic E-state index is 0.0116. The van der Waals surface area contributed by atoms with Crippen molar-refractivity contribution in [2.45, 2.75) is 39.2 Å². The van der Waals surface area contributed by atoms with E-state index in [1.807, 2.05) is 0 Å². The first-order chi connectivity index (χ1) is 9.96. The van der Waals surface area contributed by atoms with Crippen LogP contribution in [0.25, 0.3) is 0 Å². The Balaban J connectivity index is 2.51. The summed E-state index contributed by atoms with van der Waals surface area (Å²) in [7, 11) is -3.18. The van der Waals surface area contributed by atoms with E-state index < -0.39 is 7.82 Å². The molecule has 0 radical (unpaired) electrons. The molecule has 0 aromatic heterocycles. The molecular formula is C14H23O6P. The van der Waals surface area contributed by atoms with E-state index in [1.54, 1.807) is 12.1 Å². The number of methoxy groups -OCH3 is 1. The van der Waals surface area contributed by atoms with E-state index in [0.717, 1.165) is 18.4 Å². The number of hydrogen-bond donors (Lipinski definition) is 2. The maximum Gasteiger partial charge on any atom is 0.524 e. The number of unbranched alkanes of at least 4 members (excludes halogenated alkanes) is 3. The van der Waals surface area contributed by atoms with Gasteiger partial charge in [0.25, 0.3) is 0 Å². The molecule has 1 aromatic carbocycles. The Bertz CT molecular complexity index is 471. The minimum Gasteiger partial charge on any atom is -0.493 e. The molecule has 0 spiro atoms. The summed E-state index contributed by atoms with van der Waals surface area (Å²) in [5, 5.41) is 0. The molecule has 0 bridgehead atoms. The number of ether oxygens (including phenoxy) is 2. The van der Waals surface area contributed by atoms with E-state index >= 15 is 0 Å². The Hall–Kier alpha value is -1.07. The zero-order chi connectivity index (χ0) is 15.7. The van der Waals surface area contributed by atoms with Crippen molar-refractivity contribution in [3.05, 3.63) is 23.8 Å². The molecule has 0 aliphatic rings. The van der Waals surface area contributed by atoms with Crippen molar-refractivity contribution in [2.24, 2.45) is 0 Å². The summed E-state index contributed by atoms with van der Waals surface area (Å²) >= 11 is 0. The zero-order valence-electron chi connectivity index (χ0n) is 12.4. The second-order valence-corrected chi connectivity index (χ2v) is 5.84. The van der Waals surface area contributed by atoms with E-state index in [4.69, 9.17) is 19.3 Å². The fraction of sp³-hybridized carbons (Fsp3) is 0.571. The number of hydrogen-bond acceptors (Lipinski definition) is 4. The monoisotopic (exact) mass is 318 g/mol. The van der Waals surface area contributed by atoms with Gasteiger partial charge in [-0.15, -0.1) is 0 Å². The highest BCUT2D eigenvalue weighted by Gasteiger charge is 2.19. The predicted octanol–water partition coefficient (Wildman–Crippen LogP) is 3.26. The Kier molecular flexibility index (Phi) is 7.75. The topological polar surface area (TPSA) is 85.2 Å². The third-order valence-corrected chi connectivity index (χ3v) is 3.29. The Labute approximate surface area is 125 Å². The molecule has 0 unspecified atom stereocenters. The summed E-state index contributed by atoms with van der Waals surface area (Å²) < 4.78 is 26.0. The van der Waals surface area contributed by atoms with Crippen LogP contribution in [0.15, 0.2) is 18.2 Å². The number of phosphoric acid groups is 1. The van der Waals surface area contributed by atoms with Crippen LogP contribution >= 0.6 is 7.82 Å². The highest BCUT2D eigenvalue weighted by molar-refractivity contribution is 7.46.